The first-order valence-corrected chi connectivity index (χ1v) is 9.32. The first-order chi connectivity index (χ1) is 13.6. The molecule has 1 fully saturated rings. The fourth-order valence-electron chi connectivity index (χ4n) is 2.98. The fraction of sp³-hybridized carbons (Fsp3) is 0.333. The van der Waals surface area contributed by atoms with Crippen LogP contribution < -0.4 is 15.2 Å². The largest absolute Gasteiger partial charge is 0.492 e. The van der Waals surface area contributed by atoms with Crippen LogP contribution in [0.15, 0.2) is 54.6 Å². The number of hydrogen-bond acceptors (Lipinski definition) is 5. The number of nitrogens with zero attached hydrogens (tertiary/aromatic N) is 2. The van der Waals surface area contributed by atoms with Crippen molar-refractivity contribution in [3.8, 4) is 11.5 Å². The van der Waals surface area contributed by atoms with Crippen LogP contribution in [0.1, 0.15) is 10.4 Å². The SMILES string of the molecule is NC(=O)c1ccc(OCC(=O)N2CCN(CCOc3ccccc3)CC2)cc1. The Morgan fingerprint density at radius 3 is 2.14 bits per heavy atom. The number of piperazine rings is 1. The molecule has 1 aliphatic rings. The molecule has 7 nitrogen and oxygen atoms in total. The van der Waals surface area contributed by atoms with Gasteiger partial charge in [-0.3, -0.25) is 14.5 Å². The molecular formula is C21H25N3O4. The van der Waals surface area contributed by atoms with Gasteiger partial charge in [-0.05, 0) is 36.4 Å². The van der Waals surface area contributed by atoms with E-state index < -0.39 is 5.91 Å². The van der Waals surface area contributed by atoms with Gasteiger partial charge in [-0.1, -0.05) is 18.2 Å². The molecule has 148 valence electrons. The van der Waals surface area contributed by atoms with E-state index in [-0.39, 0.29) is 12.5 Å². The number of nitrogens with two attached hydrogens (primary N) is 1. The molecule has 1 saturated heterocycles. The molecule has 2 N–H and O–H groups in total. The average molecular weight is 383 g/mol. The van der Waals surface area contributed by atoms with Crippen molar-refractivity contribution in [2.75, 3.05) is 45.9 Å². The number of benzene rings is 2. The lowest BCUT2D eigenvalue weighted by molar-refractivity contribution is -0.135. The van der Waals surface area contributed by atoms with Crippen LogP contribution in [0.2, 0.25) is 0 Å². The van der Waals surface area contributed by atoms with Crippen molar-refractivity contribution in [2.24, 2.45) is 5.73 Å². The summed E-state index contributed by atoms with van der Waals surface area (Å²) in [5.41, 5.74) is 5.61. The molecule has 0 spiro atoms. The molecule has 1 heterocycles. The van der Waals surface area contributed by atoms with Crippen molar-refractivity contribution in [3.63, 3.8) is 0 Å². The van der Waals surface area contributed by atoms with E-state index in [2.05, 4.69) is 4.90 Å². The van der Waals surface area contributed by atoms with Crippen LogP contribution in [0, 0.1) is 0 Å². The second-order valence-electron chi connectivity index (χ2n) is 6.56. The van der Waals surface area contributed by atoms with Crippen LogP contribution in [-0.4, -0.2) is 67.6 Å². The van der Waals surface area contributed by atoms with Gasteiger partial charge in [-0.25, -0.2) is 0 Å². The molecule has 0 aliphatic carbocycles. The molecule has 28 heavy (non-hydrogen) atoms. The first kappa shape index (κ1) is 19.7. The molecule has 2 amide bonds. The van der Waals surface area contributed by atoms with E-state index in [4.69, 9.17) is 15.2 Å². The van der Waals surface area contributed by atoms with Crippen LogP contribution in [-0.2, 0) is 4.79 Å². The molecule has 0 atom stereocenters. The molecule has 2 aromatic carbocycles. The number of ether oxygens (including phenoxy) is 2. The van der Waals surface area contributed by atoms with Gasteiger partial charge in [0.2, 0.25) is 5.91 Å². The van der Waals surface area contributed by atoms with Crippen LogP contribution in [0.5, 0.6) is 11.5 Å². The second-order valence-corrected chi connectivity index (χ2v) is 6.56. The summed E-state index contributed by atoms with van der Waals surface area (Å²) in [6, 6.07) is 16.2. The van der Waals surface area contributed by atoms with E-state index in [9.17, 15) is 9.59 Å². The summed E-state index contributed by atoms with van der Waals surface area (Å²) >= 11 is 0. The summed E-state index contributed by atoms with van der Waals surface area (Å²) in [6.07, 6.45) is 0. The van der Waals surface area contributed by atoms with Crippen molar-refractivity contribution in [2.45, 2.75) is 0 Å². The molecule has 0 unspecified atom stereocenters. The summed E-state index contributed by atoms with van der Waals surface area (Å²) in [5.74, 6) is 0.876. The molecule has 0 radical (unpaired) electrons. The molecule has 7 heteroatoms. The number of amides is 2. The van der Waals surface area contributed by atoms with Crippen LogP contribution >= 0.6 is 0 Å². The predicted octanol–water partition coefficient (Wildman–Crippen LogP) is 1.39. The topological polar surface area (TPSA) is 85.1 Å². The van der Waals surface area contributed by atoms with Crippen LogP contribution in [0.3, 0.4) is 0 Å². The zero-order valence-corrected chi connectivity index (χ0v) is 15.8. The Labute approximate surface area is 164 Å². The predicted molar refractivity (Wildman–Crippen MR) is 105 cm³/mol. The van der Waals surface area contributed by atoms with E-state index in [0.717, 1.165) is 25.4 Å². The van der Waals surface area contributed by atoms with Gasteiger partial charge in [0.1, 0.15) is 18.1 Å². The minimum Gasteiger partial charge on any atom is -0.492 e. The lowest BCUT2D eigenvalue weighted by Crippen LogP contribution is -2.50. The van der Waals surface area contributed by atoms with Crippen molar-refractivity contribution >= 4 is 11.8 Å². The molecular weight excluding hydrogens is 358 g/mol. The number of carbonyl (C=O) groups excluding carboxylic acids is 2. The minimum atomic E-state index is -0.491. The number of primary amides is 1. The smallest absolute Gasteiger partial charge is 0.260 e. The van der Waals surface area contributed by atoms with E-state index in [0.29, 0.717) is 31.0 Å². The van der Waals surface area contributed by atoms with E-state index in [1.165, 1.54) is 0 Å². The highest BCUT2D eigenvalue weighted by Crippen LogP contribution is 2.13. The van der Waals surface area contributed by atoms with Gasteiger partial charge in [0.15, 0.2) is 6.61 Å². The van der Waals surface area contributed by atoms with E-state index >= 15 is 0 Å². The summed E-state index contributed by atoms with van der Waals surface area (Å²) in [5, 5.41) is 0. The minimum absolute atomic E-state index is 0.0208. The maximum absolute atomic E-state index is 12.3. The summed E-state index contributed by atoms with van der Waals surface area (Å²) < 4.78 is 11.2. The standard InChI is InChI=1S/C21H25N3O4/c22-21(26)17-6-8-19(9-7-17)28-16-20(25)24-12-10-23(11-13-24)14-15-27-18-4-2-1-3-5-18/h1-9H,10-16H2,(H2,22,26). The molecule has 0 saturated carbocycles. The van der Waals surface area contributed by atoms with Gasteiger partial charge < -0.3 is 20.1 Å². The maximum atomic E-state index is 12.3. The Morgan fingerprint density at radius 2 is 1.50 bits per heavy atom. The Bertz CT molecular complexity index is 772. The Morgan fingerprint density at radius 1 is 0.857 bits per heavy atom. The lowest BCUT2D eigenvalue weighted by Gasteiger charge is -2.34. The third-order valence-corrected chi connectivity index (χ3v) is 4.65. The van der Waals surface area contributed by atoms with E-state index in [1.54, 1.807) is 24.3 Å². The Kier molecular flexibility index (Phi) is 6.86. The number of rotatable bonds is 8. The molecule has 1 aliphatic heterocycles. The van der Waals surface area contributed by atoms with Crippen LogP contribution in [0.4, 0.5) is 0 Å². The van der Waals surface area contributed by atoms with Gasteiger partial charge in [0.05, 0.1) is 0 Å². The first-order valence-electron chi connectivity index (χ1n) is 9.32. The zero-order chi connectivity index (χ0) is 19.8. The highest BCUT2D eigenvalue weighted by molar-refractivity contribution is 5.92. The fourth-order valence-corrected chi connectivity index (χ4v) is 2.98. The van der Waals surface area contributed by atoms with Gasteiger partial charge in [-0.15, -0.1) is 0 Å². The quantitative estimate of drug-likeness (QED) is 0.745. The monoisotopic (exact) mass is 383 g/mol. The summed E-state index contributed by atoms with van der Waals surface area (Å²) in [7, 11) is 0. The van der Waals surface area contributed by atoms with Crippen LogP contribution in [0.25, 0.3) is 0 Å². The number of para-hydroxylation sites is 1. The van der Waals surface area contributed by atoms with Gasteiger partial charge >= 0.3 is 0 Å². The second kappa shape index (κ2) is 9.75. The normalized spacial score (nSPS) is 14.5. The molecule has 2 aromatic rings. The third kappa shape index (κ3) is 5.72. The van der Waals surface area contributed by atoms with Crippen molar-refractivity contribution in [1.82, 2.24) is 9.80 Å². The highest BCUT2D eigenvalue weighted by atomic mass is 16.5. The lowest BCUT2D eigenvalue weighted by atomic mass is 10.2. The third-order valence-electron chi connectivity index (χ3n) is 4.65. The van der Waals surface area contributed by atoms with Crippen molar-refractivity contribution < 1.29 is 19.1 Å². The van der Waals surface area contributed by atoms with Crippen molar-refractivity contribution in [1.29, 1.82) is 0 Å². The Balaban J connectivity index is 1.34. The molecule has 0 aromatic heterocycles. The van der Waals surface area contributed by atoms with Gasteiger partial charge in [0.25, 0.3) is 5.91 Å². The number of hydrogen-bond donors (Lipinski definition) is 1. The number of carbonyl (C=O) groups is 2. The molecule has 0 bridgehead atoms. The summed E-state index contributed by atoms with van der Waals surface area (Å²) in [4.78, 5) is 27.5. The van der Waals surface area contributed by atoms with Gasteiger partial charge in [0, 0.05) is 38.3 Å². The molecule has 3 rings (SSSR count). The van der Waals surface area contributed by atoms with Crippen molar-refractivity contribution in [3.05, 3.63) is 60.2 Å². The maximum Gasteiger partial charge on any atom is 0.260 e. The average Bonchev–Trinajstić information content (AvgIpc) is 2.73. The highest BCUT2D eigenvalue weighted by Gasteiger charge is 2.21. The summed E-state index contributed by atoms with van der Waals surface area (Å²) in [6.45, 7) is 4.42. The van der Waals surface area contributed by atoms with E-state index in [1.807, 2.05) is 35.2 Å². The zero-order valence-electron chi connectivity index (χ0n) is 15.8. The Hall–Kier alpha value is -3.06. The van der Waals surface area contributed by atoms with Gasteiger partial charge in [-0.2, -0.15) is 0 Å².